The number of hydrogen-bond acceptors (Lipinski definition) is 6. The number of furan rings is 1. The van der Waals surface area contributed by atoms with E-state index in [1.54, 1.807) is 12.3 Å². The van der Waals surface area contributed by atoms with Crippen LogP contribution in [-0.2, 0) is 11.3 Å². The third-order valence-electron chi connectivity index (χ3n) is 4.67. The highest BCUT2D eigenvalue weighted by Crippen LogP contribution is 2.28. The van der Waals surface area contributed by atoms with Crippen LogP contribution < -0.4 is 10.2 Å². The molecule has 0 saturated carbocycles. The van der Waals surface area contributed by atoms with Crippen LogP contribution in [0.1, 0.15) is 24.2 Å². The number of aromatic nitrogens is 3. The van der Waals surface area contributed by atoms with Gasteiger partial charge in [-0.1, -0.05) is 29.5 Å². The quantitative estimate of drug-likeness (QED) is 0.617. The number of carbonyl (C=O) groups is 1. The number of hydrogen-bond donors (Lipinski definition) is 1. The molecule has 1 aliphatic rings. The highest BCUT2D eigenvalue weighted by molar-refractivity contribution is 7.99. The topological polar surface area (TPSA) is 76.2 Å². The monoisotopic (exact) mass is 397 g/mol. The van der Waals surface area contributed by atoms with E-state index in [-0.39, 0.29) is 11.7 Å². The van der Waals surface area contributed by atoms with Crippen molar-refractivity contribution in [2.45, 2.75) is 31.5 Å². The Hall–Kier alpha value is -2.74. The second-order valence-electron chi connectivity index (χ2n) is 6.79. The molecule has 1 aliphatic heterocycles. The van der Waals surface area contributed by atoms with Crippen molar-refractivity contribution in [3.63, 3.8) is 0 Å². The lowest BCUT2D eigenvalue weighted by molar-refractivity contribution is -0.118. The van der Waals surface area contributed by atoms with Gasteiger partial charge in [0.05, 0.1) is 24.2 Å². The summed E-state index contributed by atoms with van der Waals surface area (Å²) in [5.41, 5.74) is 2.21. The Bertz CT molecular complexity index is 915. The summed E-state index contributed by atoms with van der Waals surface area (Å²) in [5.74, 6) is 1.78. The Morgan fingerprint density at radius 2 is 1.96 bits per heavy atom. The standard InChI is InChI=1S/C20H23N5O2S/c1-15-6-8-16(9-7-15)25-19(24-10-2-3-11-24)22-23-20(25)28-14-18(26)21-13-17-5-4-12-27-17/h4-9,12H,2-3,10-11,13-14H2,1H3,(H,21,26). The Kier molecular flexibility index (Phi) is 5.66. The molecule has 0 atom stereocenters. The number of anilines is 1. The zero-order valence-corrected chi connectivity index (χ0v) is 16.6. The number of rotatable bonds is 7. The summed E-state index contributed by atoms with van der Waals surface area (Å²) in [5, 5.41) is 12.4. The van der Waals surface area contributed by atoms with E-state index < -0.39 is 0 Å². The average molecular weight is 398 g/mol. The molecule has 1 aromatic carbocycles. The normalized spacial score (nSPS) is 13.8. The third-order valence-corrected chi connectivity index (χ3v) is 5.60. The molecule has 0 radical (unpaired) electrons. The maximum atomic E-state index is 12.2. The van der Waals surface area contributed by atoms with Crippen molar-refractivity contribution in [2.75, 3.05) is 23.7 Å². The summed E-state index contributed by atoms with van der Waals surface area (Å²) < 4.78 is 7.29. The second kappa shape index (κ2) is 8.52. The van der Waals surface area contributed by atoms with Crippen LogP contribution in [0.3, 0.4) is 0 Å². The van der Waals surface area contributed by atoms with E-state index in [4.69, 9.17) is 4.42 Å². The fourth-order valence-electron chi connectivity index (χ4n) is 3.18. The van der Waals surface area contributed by atoms with Crippen LogP contribution in [0.25, 0.3) is 5.69 Å². The molecule has 146 valence electrons. The van der Waals surface area contributed by atoms with E-state index in [1.807, 2.05) is 6.07 Å². The first-order valence-corrected chi connectivity index (χ1v) is 10.4. The summed E-state index contributed by atoms with van der Waals surface area (Å²) >= 11 is 1.39. The largest absolute Gasteiger partial charge is 0.467 e. The summed E-state index contributed by atoms with van der Waals surface area (Å²) in [4.78, 5) is 14.5. The van der Waals surface area contributed by atoms with Gasteiger partial charge in [0.15, 0.2) is 5.16 Å². The van der Waals surface area contributed by atoms with Gasteiger partial charge in [-0.15, -0.1) is 10.2 Å². The minimum absolute atomic E-state index is 0.0671. The molecule has 7 nitrogen and oxygen atoms in total. The van der Waals surface area contributed by atoms with Crippen LogP contribution >= 0.6 is 11.8 Å². The molecule has 2 aromatic heterocycles. The minimum atomic E-state index is -0.0671. The molecule has 0 unspecified atom stereocenters. The molecule has 0 bridgehead atoms. The van der Waals surface area contributed by atoms with Gasteiger partial charge in [0.25, 0.3) is 0 Å². The Labute approximate surface area is 168 Å². The first kappa shape index (κ1) is 18.6. The Morgan fingerprint density at radius 3 is 2.68 bits per heavy atom. The summed E-state index contributed by atoms with van der Waals surface area (Å²) in [7, 11) is 0. The summed E-state index contributed by atoms with van der Waals surface area (Å²) in [6.07, 6.45) is 3.93. The van der Waals surface area contributed by atoms with Crippen molar-refractivity contribution >= 4 is 23.6 Å². The molecule has 0 spiro atoms. The molecule has 1 N–H and O–H groups in total. The summed E-state index contributed by atoms with van der Waals surface area (Å²) in [6, 6.07) is 11.9. The van der Waals surface area contributed by atoms with Crippen molar-refractivity contribution in [1.29, 1.82) is 0 Å². The number of amides is 1. The molecule has 1 amide bonds. The molecule has 1 saturated heterocycles. The first-order valence-electron chi connectivity index (χ1n) is 9.40. The SMILES string of the molecule is Cc1ccc(-n2c(SCC(=O)NCc3ccco3)nnc2N2CCCC2)cc1. The van der Waals surface area contributed by atoms with E-state index in [9.17, 15) is 4.79 Å². The van der Waals surface area contributed by atoms with Gasteiger partial charge in [-0.05, 0) is 44.0 Å². The highest BCUT2D eigenvalue weighted by atomic mass is 32.2. The maximum Gasteiger partial charge on any atom is 0.232 e. The Balaban J connectivity index is 1.49. The molecule has 28 heavy (non-hydrogen) atoms. The zero-order valence-electron chi connectivity index (χ0n) is 15.8. The van der Waals surface area contributed by atoms with E-state index >= 15 is 0 Å². The van der Waals surface area contributed by atoms with Crippen molar-refractivity contribution < 1.29 is 9.21 Å². The maximum absolute atomic E-state index is 12.2. The van der Waals surface area contributed by atoms with Crippen LogP contribution in [-0.4, -0.2) is 39.5 Å². The van der Waals surface area contributed by atoms with Crippen LogP contribution in [0.5, 0.6) is 0 Å². The number of carbonyl (C=O) groups excluding carboxylic acids is 1. The average Bonchev–Trinajstić information content (AvgIpc) is 3.46. The number of aryl methyl sites for hydroxylation is 1. The van der Waals surface area contributed by atoms with Crippen molar-refractivity contribution in [3.8, 4) is 5.69 Å². The second-order valence-corrected chi connectivity index (χ2v) is 7.73. The van der Waals surface area contributed by atoms with Crippen LogP contribution in [0.2, 0.25) is 0 Å². The predicted molar refractivity (Wildman–Crippen MR) is 109 cm³/mol. The van der Waals surface area contributed by atoms with Gasteiger partial charge in [-0.2, -0.15) is 0 Å². The van der Waals surface area contributed by atoms with E-state index in [0.29, 0.717) is 6.54 Å². The zero-order chi connectivity index (χ0) is 19.3. The van der Waals surface area contributed by atoms with Gasteiger partial charge in [0.2, 0.25) is 11.9 Å². The molecule has 3 heterocycles. The number of thioether (sulfide) groups is 1. The van der Waals surface area contributed by atoms with Gasteiger partial charge in [-0.3, -0.25) is 9.36 Å². The first-order chi connectivity index (χ1) is 13.7. The smallest absolute Gasteiger partial charge is 0.232 e. The van der Waals surface area contributed by atoms with E-state index in [2.05, 4.69) is 56.2 Å². The number of benzene rings is 1. The molecule has 4 rings (SSSR count). The fraction of sp³-hybridized carbons (Fsp3) is 0.350. The van der Waals surface area contributed by atoms with Gasteiger partial charge in [-0.25, -0.2) is 0 Å². The molecule has 1 fully saturated rings. The van der Waals surface area contributed by atoms with Crippen LogP contribution in [0.15, 0.2) is 52.2 Å². The lowest BCUT2D eigenvalue weighted by atomic mass is 10.2. The van der Waals surface area contributed by atoms with Crippen molar-refractivity contribution in [1.82, 2.24) is 20.1 Å². The predicted octanol–water partition coefficient (Wildman–Crippen LogP) is 3.18. The van der Waals surface area contributed by atoms with E-state index in [1.165, 1.54) is 30.2 Å². The van der Waals surface area contributed by atoms with Gasteiger partial charge >= 0.3 is 0 Å². The van der Waals surface area contributed by atoms with Crippen LogP contribution in [0.4, 0.5) is 5.95 Å². The Morgan fingerprint density at radius 1 is 1.18 bits per heavy atom. The molecule has 8 heteroatoms. The van der Waals surface area contributed by atoms with Crippen molar-refractivity contribution in [3.05, 3.63) is 54.0 Å². The number of nitrogens with zero attached hydrogens (tertiary/aromatic N) is 4. The van der Waals surface area contributed by atoms with Gasteiger partial charge in [0.1, 0.15) is 5.76 Å². The summed E-state index contributed by atoms with van der Waals surface area (Å²) in [6.45, 7) is 4.42. The molecular formula is C20H23N5O2S. The number of nitrogens with one attached hydrogen (secondary N) is 1. The third kappa shape index (κ3) is 4.22. The van der Waals surface area contributed by atoms with Crippen LogP contribution in [0, 0.1) is 6.92 Å². The van der Waals surface area contributed by atoms with Gasteiger partial charge in [0, 0.05) is 13.1 Å². The molecule has 3 aromatic rings. The lowest BCUT2D eigenvalue weighted by Crippen LogP contribution is -2.24. The van der Waals surface area contributed by atoms with Gasteiger partial charge < -0.3 is 14.6 Å². The molecule has 0 aliphatic carbocycles. The highest BCUT2D eigenvalue weighted by Gasteiger charge is 2.22. The lowest BCUT2D eigenvalue weighted by Gasteiger charge is -2.18. The van der Waals surface area contributed by atoms with Crippen molar-refractivity contribution in [2.24, 2.45) is 0 Å². The molecular weight excluding hydrogens is 374 g/mol. The fourth-order valence-corrected chi connectivity index (χ4v) is 3.95. The van der Waals surface area contributed by atoms with E-state index in [0.717, 1.165) is 35.6 Å². The minimum Gasteiger partial charge on any atom is -0.467 e.